The van der Waals surface area contributed by atoms with Crippen LogP contribution in [-0.2, 0) is 20.9 Å². The molecule has 0 aliphatic carbocycles. The lowest BCUT2D eigenvalue weighted by atomic mass is 10.0. The van der Waals surface area contributed by atoms with Crippen LogP contribution in [0, 0.1) is 5.92 Å². The van der Waals surface area contributed by atoms with E-state index in [9.17, 15) is 9.59 Å². The van der Waals surface area contributed by atoms with E-state index in [0.29, 0.717) is 61.3 Å². The van der Waals surface area contributed by atoms with Crippen LogP contribution in [0.15, 0.2) is 42.5 Å². The van der Waals surface area contributed by atoms with E-state index in [2.05, 4.69) is 34.4 Å². The Hall–Kier alpha value is -3.70. The summed E-state index contributed by atoms with van der Waals surface area (Å²) in [6.07, 6.45) is 0.824. The van der Waals surface area contributed by atoms with E-state index >= 15 is 0 Å². The number of fused-ring (bicyclic) bond motifs is 1. The molecule has 0 spiro atoms. The fraction of sp³-hybridized carbons (Fsp3) is 0.517. The molecule has 2 amide bonds. The number of aromatic nitrogens is 3. The average molecular weight is 553 g/mol. The topological polar surface area (TPSA) is 111 Å². The number of methoxy groups -OCH3 is 2. The van der Waals surface area contributed by atoms with Gasteiger partial charge in [-0.25, -0.2) is 4.68 Å². The Morgan fingerprint density at radius 2 is 1.88 bits per heavy atom. The minimum absolute atomic E-state index is 0.0577. The summed E-state index contributed by atoms with van der Waals surface area (Å²) in [7, 11) is 3.12. The van der Waals surface area contributed by atoms with Gasteiger partial charge in [0.15, 0.2) is 0 Å². The molecule has 1 aliphatic heterocycles. The summed E-state index contributed by atoms with van der Waals surface area (Å²) in [6.45, 7) is 8.43. The number of ether oxygens (including phenoxy) is 3. The summed E-state index contributed by atoms with van der Waals surface area (Å²) in [5, 5.41) is 11.5. The van der Waals surface area contributed by atoms with E-state index in [1.807, 2.05) is 24.3 Å². The summed E-state index contributed by atoms with van der Waals surface area (Å²) >= 11 is 0. The molecule has 4 rings (SSSR count). The van der Waals surface area contributed by atoms with Crippen LogP contribution in [0.4, 0.5) is 0 Å². The summed E-state index contributed by atoms with van der Waals surface area (Å²) in [5.41, 5.74) is 2.04. The van der Waals surface area contributed by atoms with Crippen molar-refractivity contribution >= 4 is 22.8 Å². The molecule has 0 radical (unpaired) electrons. The van der Waals surface area contributed by atoms with Crippen molar-refractivity contribution in [1.82, 2.24) is 30.1 Å². The third kappa shape index (κ3) is 7.28. The fourth-order valence-corrected chi connectivity index (χ4v) is 4.80. The minimum Gasteiger partial charge on any atom is -0.497 e. The lowest BCUT2D eigenvalue weighted by Crippen LogP contribution is -2.49. The van der Waals surface area contributed by atoms with Gasteiger partial charge in [-0.2, -0.15) is 0 Å². The fourth-order valence-electron chi connectivity index (χ4n) is 4.80. The van der Waals surface area contributed by atoms with Crippen molar-refractivity contribution in [3.05, 3.63) is 48.0 Å². The number of amides is 2. The Balaban J connectivity index is 1.70. The lowest BCUT2D eigenvalue weighted by molar-refractivity contribution is -0.142. The Labute approximate surface area is 235 Å². The van der Waals surface area contributed by atoms with Gasteiger partial charge in [0.25, 0.3) is 0 Å². The maximum atomic E-state index is 14.1. The van der Waals surface area contributed by atoms with E-state index in [1.165, 1.54) is 0 Å². The number of nitrogens with zero attached hydrogens (tertiary/aromatic N) is 5. The number of carbonyl (C=O) groups is 2. The first-order valence-electron chi connectivity index (χ1n) is 13.8. The highest BCUT2D eigenvalue weighted by Crippen LogP contribution is 2.33. The highest BCUT2D eigenvalue weighted by molar-refractivity contribution is 5.90. The van der Waals surface area contributed by atoms with Crippen LogP contribution < -0.4 is 14.8 Å². The molecule has 3 aromatic rings. The Morgan fingerprint density at radius 3 is 2.60 bits per heavy atom. The van der Waals surface area contributed by atoms with Gasteiger partial charge in [0, 0.05) is 44.4 Å². The van der Waals surface area contributed by atoms with Crippen molar-refractivity contribution < 1.29 is 23.8 Å². The number of morpholine rings is 1. The van der Waals surface area contributed by atoms with Crippen molar-refractivity contribution in [3.8, 4) is 11.5 Å². The smallest absolute Gasteiger partial charge is 0.247 e. The third-order valence-corrected chi connectivity index (χ3v) is 7.10. The second-order valence-electron chi connectivity index (χ2n) is 10.3. The molecular formula is C29H40N6O5. The van der Waals surface area contributed by atoms with Crippen LogP contribution in [0.1, 0.15) is 31.9 Å². The average Bonchev–Trinajstić information content (AvgIpc) is 3.37. The Kier molecular flexibility index (Phi) is 10.3. The normalized spacial score (nSPS) is 14.7. The van der Waals surface area contributed by atoms with Gasteiger partial charge in [0.2, 0.25) is 11.8 Å². The van der Waals surface area contributed by atoms with Crippen LogP contribution in [0.5, 0.6) is 11.5 Å². The molecule has 216 valence electrons. The predicted molar refractivity (Wildman–Crippen MR) is 151 cm³/mol. The second-order valence-corrected chi connectivity index (χ2v) is 10.3. The van der Waals surface area contributed by atoms with Gasteiger partial charge in [0.05, 0.1) is 33.0 Å². The van der Waals surface area contributed by atoms with Gasteiger partial charge in [0.1, 0.15) is 29.6 Å². The maximum Gasteiger partial charge on any atom is 0.247 e. The number of carbonyl (C=O) groups excluding carboxylic acids is 2. The second kappa shape index (κ2) is 14.1. The van der Waals surface area contributed by atoms with Crippen LogP contribution in [-0.4, -0.2) is 96.8 Å². The lowest BCUT2D eigenvalue weighted by Gasteiger charge is -2.35. The molecule has 1 aliphatic rings. The standard InChI is InChI=1S/C29H40N6O5/c1-21(2)11-12-30-29(37)28(23-10-9-22(38-3)19-26(23)39-4)34(14-13-33-15-17-40-18-16-33)27(36)20-35-25-8-6-5-7-24(25)31-32-35/h5-10,19,21,28H,11-18,20H2,1-4H3,(H,30,37). The third-order valence-electron chi connectivity index (χ3n) is 7.10. The van der Waals surface area contributed by atoms with Gasteiger partial charge in [-0.3, -0.25) is 14.5 Å². The first-order chi connectivity index (χ1) is 19.4. The van der Waals surface area contributed by atoms with E-state index in [0.717, 1.165) is 25.0 Å². The number of hydrogen-bond acceptors (Lipinski definition) is 8. The van der Waals surface area contributed by atoms with Gasteiger partial charge in [-0.05, 0) is 36.6 Å². The van der Waals surface area contributed by atoms with Crippen molar-refractivity contribution in [2.45, 2.75) is 32.9 Å². The van der Waals surface area contributed by atoms with E-state index < -0.39 is 6.04 Å². The first-order valence-corrected chi connectivity index (χ1v) is 13.8. The SMILES string of the molecule is COc1ccc(C(C(=O)NCCC(C)C)N(CCN2CCOCC2)C(=O)Cn2nnc3ccccc32)c(OC)c1. The number of benzene rings is 2. The molecule has 40 heavy (non-hydrogen) atoms. The molecule has 11 nitrogen and oxygen atoms in total. The number of nitrogens with one attached hydrogen (secondary N) is 1. The van der Waals surface area contributed by atoms with Crippen molar-refractivity contribution in [3.63, 3.8) is 0 Å². The van der Waals surface area contributed by atoms with Crippen LogP contribution in [0.2, 0.25) is 0 Å². The highest BCUT2D eigenvalue weighted by atomic mass is 16.5. The molecule has 2 aromatic carbocycles. The van der Waals surface area contributed by atoms with Gasteiger partial charge in [-0.15, -0.1) is 5.10 Å². The summed E-state index contributed by atoms with van der Waals surface area (Å²) in [4.78, 5) is 31.9. The molecule has 0 saturated carbocycles. The molecule has 1 N–H and O–H groups in total. The zero-order valence-electron chi connectivity index (χ0n) is 23.8. The predicted octanol–water partition coefficient (Wildman–Crippen LogP) is 2.51. The molecular weight excluding hydrogens is 512 g/mol. The number of para-hydroxylation sites is 1. The molecule has 0 bridgehead atoms. The van der Waals surface area contributed by atoms with Gasteiger partial charge < -0.3 is 24.4 Å². The van der Waals surface area contributed by atoms with Crippen molar-refractivity contribution in [2.75, 3.05) is 60.2 Å². The van der Waals surface area contributed by atoms with E-state index in [1.54, 1.807) is 42.0 Å². The quantitative estimate of drug-likeness (QED) is 0.344. The van der Waals surface area contributed by atoms with E-state index in [4.69, 9.17) is 14.2 Å². The zero-order valence-corrected chi connectivity index (χ0v) is 23.8. The monoisotopic (exact) mass is 552 g/mol. The van der Waals surface area contributed by atoms with Crippen molar-refractivity contribution in [2.24, 2.45) is 5.92 Å². The first kappa shape index (κ1) is 29.3. The molecule has 1 saturated heterocycles. The zero-order chi connectivity index (χ0) is 28.5. The molecule has 1 aromatic heterocycles. The Bertz CT molecular complexity index is 1270. The van der Waals surface area contributed by atoms with Gasteiger partial charge >= 0.3 is 0 Å². The minimum atomic E-state index is -0.920. The summed E-state index contributed by atoms with van der Waals surface area (Å²) < 4.78 is 18.2. The molecule has 11 heteroatoms. The largest absolute Gasteiger partial charge is 0.497 e. The number of hydrogen-bond donors (Lipinski definition) is 1. The highest BCUT2D eigenvalue weighted by Gasteiger charge is 2.34. The molecule has 1 unspecified atom stereocenters. The van der Waals surface area contributed by atoms with Crippen molar-refractivity contribution in [1.29, 1.82) is 0 Å². The molecule has 1 atom stereocenters. The van der Waals surface area contributed by atoms with Crippen LogP contribution in [0.25, 0.3) is 11.0 Å². The van der Waals surface area contributed by atoms with Crippen LogP contribution >= 0.6 is 0 Å². The molecule has 2 heterocycles. The van der Waals surface area contributed by atoms with Crippen LogP contribution in [0.3, 0.4) is 0 Å². The van der Waals surface area contributed by atoms with E-state index in [-0.39, 0.29) is 18.4 Å². The summed E-state index contributed by atoms with van der Waals surface area (Å²) in [5.74, 6) is 0.987. The summed E-state index contributed by atoms with van der Waals surface area (Å²) in [6, 6.07) is 11.9. The maximum absolute atomic E-state index is 14.1. The van der Waals surface area contributed by atoms with Gasteiger partial charge in [-0.1, -0.05) is 31.2 Å². The molecule has 1 fully saturated rings. The Morgan fingerprint density at radius 1 is 1.10 bits per heavy atom. The number of rotatable bonds is 13.